The molecule has 0 aliphatic carbocycles. The highest BCUT2D eigenvalue weighted by Crippen LogP contribution is 2.41. The van der Waals surface area contributed by atoms with E-state index in [1.165, 1.54) is 17.0 Å². The minimum atomic E-state index is -0.00258. The molecule has 26 heavy (non-hydrogen) atoms. The molecule has 0 bridgehead atoms. The Balaban J connectivity index is 1.87. The fourth-order valence-corrected chi connectivity index (χ4v) is 3.99. The van der Waals surface area contributed by atoms with Gasteiger partial charge in [0.2, 0.25) is 0 Å². The Morgan fingerprint density at radius 1 is 1.04 bits per heavy atom. The number of rotatable bonds is 3. The Morgan fingerprint density at radius 3 is 2.54 bits per heavy atom. The summed E-state index contributed by atoms with van der Waals surface area (Å²) in [5.74, 6) is 0. The van der Waals surface area contributed by atoms with E-state index in [1.807, 2.05) is 18.3 Å². The maximum atomic E-state index is 5.75. The van der Waals surface area contributed by atoms with Crippen LogP contribution in [0.25, 0.3) is 0 Å². The first kappa shape index (κ1) is 16.8. The van der Waals surface area contributed by atoms with Crippen molar-refractivity contribution in [2.75, 3.05) is 4.90 Å². The maximum Gasteiger partial charge on any atom is 0.174 e. The molecule has 4 rings (SSSR count). The van der Waals surface area contributed by atoms with E-state index >= 15 is 0 Å². The molecular formula is C21H22N4S. The topological polar surface area (TPSA) is 33.1 Å². The molecule has 0 saturated carbocycles. The third-order valence-electron chi connectivity index (χ3n) is 5.09. The minimum Gasteiger partial charge on any atom is -0.351 e. The molecule has 1 N–H and O–H groups in total. The van der Waals surface area contributed by atoms with Gasteiger partial charge >= 0.3 is 0 Å². The monoisotopic (exact) mass is 362 g/mol. The average molecular weight is 363 g/mol. The molecule has 1 aliphatic rings. The van der Waals surface area contributed by atoms with E-state index in [0.717, 1.165) is 16.5 Å². The summed E-state index contributed by atoms with van der Waals surface area (Å²) in [4.78, 5) is 6.81. The molecule has 0 amide bonds. The van der Waals surface area contributed by atoms with Gasteiger partial charge in [0.25, 0.3) is 0 Å². The fraction of sp³-hybridized carbons (Fsp3) is 0.238. The molecule has 3 aromatic rings. The van der Waals surface area contributed by atoms with Gasteiger partial charge in [-0.25, -0.2) is 0 Å². The van der Waals surface area contributed by atoms with Crippen LogP contribution < -0.4 is 10.2 Å². The number of nitrogens with zero attached hydrogens (tertiary/aromatic N) is 3. The summed E-state index contributed by atoms with van der Waals surface area (Å²) in [6.45, 7) is 4.23. The van der Waals surface area contributed by atoms with Crippen LogP contribution in [0.4, 0.5) is 5.69 Å². The summed E-state index contributed by atoms with van der Waals surface area (Å²) in [6, 6.07) is 18.9. The summed E-state index contributed by atoms with van der Waals surface area (Å²) < 4.78 is 2.24. The third-order valence-corrected chi connectivity index (χ3v) is 5.41. The molecule has 3 heterocycles. The maximum absolute atomic E-state index is 5.75. The molecule has 2 atom stereocenters. The molecule has 132 valence electrons. The molecule has 5 heteroatoms. The fourth-order valence-electron chi connectivity index (χ4n) is 3.64. The Hall–Kier alpha value is -2.66. The number of aromatic nitrogens is 2. The zero-order chi connectivity index (χ0) is 18.3. The second kappa shape index (κ2) is 6.57. The van der Waals surface area contributed by atoms with Crippen molar-refractivity contribution in [3.8, 4) is 0 Å². The predicted octanol–water partition coefficient (Wildman–Crippen LogP) is 4.21. The Kier molecular flexibility index (Phi) is 4.24. The van der Waals surface area contributed by atoms with Gasteiger partial charge in [0.1, 0.15) is 6.04 Å². The standard InChI is InChI=1S/C21H22N4S/c1-14-7-6-8-16(13-14)25-20(18-11-10-15(2)24(18)3)19(23-21(25)26)17-9-4-5-12-22-17/h4-13,19-20H,1-3H3,(H,23,26)/t19-,20-/m0/s1. The largest absolute Gasteiger partial charge is 0.351 e. The van der Waals surface area contributed by atoms with Crippen molar-refractivity contribution >= 4 is 23.0 Å². The van der Waals surface area contributed by atoms with Crippen LogP contribution in [0.5, 0.6) is 0 Å². The molecule has 1 fully saturated rings. The van der Waals surface area contributed by atoms with Crippen LogP contribution in [0.15, 0.2) is 60.8 Å². The lowest BCUT2D eigenvalue weighted by atomic mass is 10.0. The number of aryl methyl sites for hydroxylation is 2. The highest BCUT2D eigenvalue weighted by Gasteiger charge is 2.41. The van der Waals surface area contributed by atoms with Gasteiger partial charge in [-0.2, -0.15) is 0 Å². The van der Waals surface area contributed by atoms with E-state index in [0.29, 0.717) is 0 Å². The number of benzene rings is 1. The van der Waals surface area contributed by atoms with Gasteiger partial charge in [-0.1, -0.05) is 18.2 Å². The van der Waals surface area contributed by atoms with Gasteiger partial charge in [-0.15, -0.1) is 0 Å². The van der Waals surface area contributed by atoms with Crippen molar-refractivity contribution < 1.29 is 0 Å². The normalized spacial score (nSPS) is 19.7. The average Bonchev–Trinajstić information content (AvgIpc) is 3.15. The number of hydrogen-bond donors (Lipinski definition) is 1. The molecular weight excluding hydrogens is 340 g/mol. The van der Waals surface area contributed by atoms with E-state index in [2.05, 4.69) is 83.1 Å². The Bertz CT molecular complexity index is 948. The predicted molar refractivity (Wildman–Crippen MR) is 109 cm³/mol. The summed E-state index contributed by atoms with van der Waals surface area (Å²) >= 11 is 5.75. The number of hydrogen-bond acceptors (Lipinski definition) is 2. The number of thiocarbonyl (C=S) groups is 1. The quantitative estimate of drug-likeness (QED) is 0.708. The van der Waals surface area contributed by atoms with Gasteiger partial charge in [0, 0.05) is 30.3 Å². The van der Waals surface area contributed by atoms with Crippen molar-refractivity contribution in [1.29, 1.82) is 0 Å². The van der Waals surface area contributed by atoms with Crippen molar-refractivity contribution in [2.24, 2.45) is 7.05 Å². The lowest BCUT2D eigenvalue weighted by Crippen LogP contribution is -2.30. The highest BCUT2D eigenvalue weighted by atomic mass is 32.1. The summed E-state index contributed by atoms with van der Waals surface area (Å²) in [5, 5.41) is 4.24. The molecule has 2 aromatic heterocycles. The zero-order valence-corrected chi connectivity index (χ0v) is 16.0. The van der Waals surface area contributed by atoms with Crippen molar-refractivity contribution in [1.82, 2.24) is 14.9 Å². The molecule has 4 nitrogen and oxygen atoms in total. The number of pyridine rings is 1. The Labute approximate surface area is 159 Å². The molecule has 0 unspecified atom stereocenters. The van der Waals surface area contributed by atoms with Crippen LogP contribution in [0.3, 0.4) is 0 Å². The van der Waals surface area contributed by atoms with Gasteiger partial charge in [-0.05, 0) is 68.0 Å². The van der Waals surface area contributed by atoms with Crippen LogP contribution in [0.2, 0.25) is 0 Å². The van der Waals surface area contributed by atoms with E-state index in [9.17, 15) is 0 Å². The van der Waals surface area contributed by atoms with E-state index < -0.39 is 0 Å². The second-order valence-electron chi connectivity index (χ2n) is 6.79. The van der Waals surface area contributed by atoms with Crippen molar-refractivity contribution in [3.05, 3.63) is 83.4 Å². The molecule has 0 spiro atoms. The third kappa shape index (κ3) is 2.78. The summed E-state index contributed by atoms with van der Waals surface area (Å²) in [7, 11) is 2.11. The van der Waals surface area contributed by atoms with Crippen LogP contribution >= 0.6 is 12.2 Å². The second-order valence-corrected chi connectivity index (χ2v) is 7.18. The minimum absolute atomic E-state index is 0.00258. The van der Waals surface area contributed by atoms with Crippen LogP contribution in [-0.2, 0) is 7.05 Å². The van der Waals surface area contributed by atoms with Gasteiger partial charge in [0.15, 0.2) is 5.11 Å². The van der Waals surface area contributed by atoms with E-state index in [1.54, 1.807) is 0 Å². The van der Waals surface area contributed by atoms with Gasteiger partial charge in [0.05, 0.1) is 11.7 Å². The van der Waals surface area contributed by atoms with Gasteiger partial charge in [-0.3, -0.25) is 4.98 Å². The van der Waals surface area contributed by atoms with E-state index in [4.69, 9.17) is 12.2 Å². The Morgan fingerprint density at radius 2 is 1.88 bits per heavy atom. The van der Waals surface area contributed by atoms with Crippen molar-refractivity contribution in [3.63, 3.8) is 0 Å². The first-order valence-corrected chi connectivity index (χ1v) is 9.16. The highest BCUT2D eigenvalue weighted by molar-refractivity contribution is 7.80. The zero-order valence-electron chi connectivity index (χ0n) is 15.2. The van der Waals surface area contributed by atoms with Crippen LogP contribution in [0.1, 0.15) is 34.7 Å². The SMILES string of the molecule is Cc1cccc(N2C(=S)N[C@@H](c3ccccn3)[C@@H]2c2ccc(C)n2C)c1. The lowest BCUT2D eigenvalue weighted by Gasteiger charge is -2.28. The van der Waals surface area contributed by atoms with Crippen LogP contribution in [0, 0.1) is 13.8 Å². The van der Waals surface area contributed by atoms with Gasteiger partial charge < -0.3 is 14.8 Å². The molecule has 1 saturated heterocycles. The molecule has 1 aliphatic heterocycles. The van der Waals surface area contributed by atoms with Crippen molar-refractivity contribution in [2.45, 2.75) is 25.9 Å². The first-order chi connectivity index (χ1) is 12.6. The first-order valence-electron chi connectivity index (χ1n) is 8.76. The number of nitrogens with one attached hydrogen (secondary N) is 1. The lowest BCUT2D eigenvalue weighted by molar-refractivity contribution is 0.539. The summed E-state index contributed by atoms with van der Waals surface area (Å²) in [6.07, 6.45) is 1.84. The summed E-state index contributed by atoms with van der Waals surface area (Å²) in [5.41, 5.74) is 5.75. The molecule has 0 radical (unpaired) electrons. The smallest absolute Gasteiger partial charge is 0.174 e. The molecule has 1 aromatic carbocycles. The van der Waals surface area contributed by atoms with E-state index in [-0.39, 0.29) is 12.1 Å². The number of anilines is 1. The van der Waals surface area contributed by atoms with Crippen LogP contribution in [-0.4, -0.2) is 14.7 Å².